The third-order valence-electron chi connectivity index (χ3n) is 3.58. The van der Waals surface area contributed by atoms with Gasteiger partial charge in [0.05, 0.1) is 0 Å². The predicted octanol–water partition coefficient (Wildman–Crippen LogP) is 4.73. The molecule has 2 unspecified atom stereocenters. The van der Waals surface area contributed by atoms with E-state index in [4.69, 9.17) is 11.6 Å². The van der Waals surface area contributed by atoms with Gasteiger partial charge in [0.15, 0.2) is 0 Å². The molecular weight excluding hydrogens is 262 g/mol. The Morgan fingerprint density at radius 2 is 2.22 bits per heavy atom. The molecule has 1 N–H and O–H groups in total. The lowest BCUT2D eigenvalue weighted by Gasteiger charge is -2.27. The maximum Gasteiger partial charge on any atom is 0.0417 e. The first-order valence-corrected chi connectivity index (χ1v) is 8.04. The normalized spacial score (nSPS) is 24.2. The fourth-order valence-electron chi connectivity index (χ4n) is 2.64. The second kappa shape index (κ2) is 6.83. The van der Waals surface area contributed by atoms with Crippen molar-refractivity contribution in [1.82, 2.24) is 5.32 Å². The Hall–Kier alpha value is -0.180. The number of halogens is 1. The average molecular weight is 284 g/mol. The van der Waals surface area contributed by atoms with E-state index < -0.39 is 0 Å². The third-order valence-corrected chi connectivity index (χ3v) is 5.21. The first-order chi connectivity index (χ1) is 8.69. The molecule has 100 valence electrons. The summed E-state index contributed by atoms with van der Waals surface area (Å²) in [6.07, 6.45) is 5.47. The highest BCUT2D eigenvalue weighted by Crippen LogP contribution is 2.38. The summed E-state index contributed by atoms with van der Waals surface area (Å²) in [7, 11) is 1.99. The molecule has 0 heterocycles. The standard InChI is InChI=1S/C15H22ClNS/c1-11-4-3-5-14(8-11)18-15-9-13(16)7-6-12(15)10-17-2/h6-7,9,11,14,17H,3-5,8,10H2,1-2H3. The van der Waals surface area contributed by atoms with Crippen LogP contribution < -0.4 is 5.32 Å². The molecule has 0 aliphatic heterocycles. The van der Waals surface area contributed by atoms with Gasteiger partial charge in [0.25, 0.3) is 0 Å². The molecule has 0 aromatic heterocycles. The van der Waals surface area contributed by atoms with Gasteiger partial charge in [0, 0.05) is 21.7 Å². The van der Waals surface area contributed by atoms with Gasteiger partial charge >= 0.3 is 0 Å². The van der Waals surface area contributed by atoms with Gasteiger partial charge in [0.2, 0.25) is 0 Å². The highest BCUT2D eigenvalue weighted by Gasteiger charge is 2.20. The summed E-state index contributed by atoms with van der Waals surface area (Å²) in [6, 6.07) is 6.26. The van der Waals surface area contributed by atoms with E-state index in [1.165, 1.54) is 36.1 Å². The van der Waals surface area contributed by atoms with Gasteiger partial charge in [-0.15, -0.1) is 11.8 Å². The van der Waals surface area contributed by atoms with Crippen LogP contribution in [0.3, 0.4) is 0 Å². The molecule has 1 aromatic rings. The average Bonchev–Trinajstić information content (AvgIpc) is 2.33. The molecule has 1 aliphatic carbocycles. The molecule has 0 saturated heterocycles. The molecule has 1 aromatic carbocycles. The van der Waals surface area contributed by atoms with Gasteiger partial charge in [-0.1, -0.05) is 37.4 Å². The Morgan fingerprint density at radius 3 is 2.94 bits per heavy atom. The molecule has 2 rings (SSSR count). The maximum atomic E-state index is 6.13. The summed E-state index contributed by atoms with van der Waals surface area (Å²) in [5.74, 6) is 0.878. The van der Waals surface area contributed by atoms with E-state index in [0.717, 1.165) is 22.7 Å². The van der Waals surface area contributed by atoms with Crippen LogP contribution in [0.5, 0.6) is 0 Å². The molecule has 1 fully saturated rings. The minimum atomic E-state index is 0.767. The summed E-state index contributed by atoms with van der Waals surface area (Å²) >= 11 is 8.15. The Labute approximate surface area is 120 Å². The zero-order chi connectivity index (χ0) is 13.0. The maximum absolute atomic E-state index is 6.13. The van der Waals surface area contributed by atoms with Crippen LogP contribution in [0.25, 0.3) is 0 Å². The molecule has 1 nitrogen and oxygen atoms in total. The van der Waals surface area contributed by atoms with Crippen molar-refractivity contribution in [2.75, 3.05) is 7.05 Å². The van der Waals surface area contributed by atoms with Gasteiger partial charge < -0.3 is 5.32 Å². The molecule has 0 radical (unpaired) electrons. The van der Waals surface area contributed by atoms with Crippen molar-refractivity contribution < 1.29 is 0 Å². The number of rotatable bonds is 4. The molecule has 1 saturated carbocycles. The van der Waals surface area contributed by atoms with Crippen LogP contribution in [0.2, 0.25) is 5.02 Å². The van der Waals surface area contributed by atoms with Crippen molar-refractivity contribution in [3.63, 3.8) is 0 Å². The van der Waals surface area contributed by atoms with E-state index in [2.05, 4.69) is 24.4 Å². The molecule has 2 atom stereocenters. The number of benzene rings is 1. The van der Waals surface area contributed by atoms with Gasteiger partial charge in [-0.25, -0.2) is 0 Å². The van der Waals surface area contributed by atoms with E-state index in [1.807, 2.05) is 24.9 Å². The van der Waals surface area contributed by atoms with Crippen molar-refractivity contribution >= 4 is 23.4 Å². The molecule has 0 amide bonds. The van der Waals surface area contributed by atoms with Crippen LogP contribution in [0.15, 0.2) is 23.1 Å². The van der Waals surface area contributed by atoms with E-state index >= 15 is 0 Å². The van der Waals surface area contributed by atoms with E-state index in [1.54, 1.807) is 0 Å². The van der Waals surface area contributed by atoms with Gasteiger partial charge in [-0.05, 0) is 43.5 Å². The fraction of sp³-hybridized carbons (Fsp3) is 0.600. The molecular formula is C15H22ClNS. The second-order valence-electron chi connectivity index (χ2n) is 5.29. The lowest BCUT2D eigenvalue weighted by atomic mass is 9.91. The highest BCUT2D eigenvalue weighted by atomic mass is 35.5. The number of thioether (sulfide) groups is 1. The SMILES string of the molecule is CNCc1ccc(Cl)cc1SC1CCCC(C)C1. The van der Waals surface area contributed by atoms with Crippen molar-refractivity contribution in [3.05, 3.63) is 28.8 Å². The largest absolute Gasteiger partial charge is 0.316 e. The fourth-order valence-corrected chi connectivity index (χ4v) is 4.43. The van der Waals surface area contributed by atoms with Crippen molar-refractivity contribution in [2.45, 2.75) is 49.3 Å². The molecule has 1 aliphatic rings. The zero-order valence-corrected chi connectivity index (χ0v) is 12.8. The van der Waals surface area contributed by atoms with Crippen molar-refractivity contribution in [2.24, 2.45) is 5.92 Å². The summed E-state index contributed by atoms with van der Waals surface area (Å²) in [5.41, 5.74) is 1.37. The zero-order valence-electron chi connectivity index (χ0n) is 11.2. The van der Waals surface area contributed by atoms with Crippen LogP contribution in [0.1, 0.15) is 38.2 Å². The minimum Gasteiger partial charge on any atom is -0.316 e. The first-order valence-electron chi connectivity index (χ1n) is 6.78. The van der Waals surface area contributed by atoms with Crippen LogP contribution in [-0.2, 0) is 6.54 Å². The van der Waals surface area contributed by atoms with E-state index in [-0.39, 0.29) is 0 Å². The Morgan fingerprint density at radius 1 is 1.39 bits per heavy atom. The predicted molar refractivity (Wildman–Crippen MR) is 81.5 cm³/mol. The quantitative estimate of drug-likeness (QED) is 0.857. The topological polar surface area (TPSA) is 12.0 Å². The van der Waals surface area contributed by atoms with Gasteiger partial charge in [-0.3, -0.25) is 0 Å². The molecule has 18 heavy (non-hydrogen) atoms. The lowest BCUT2D eigenvalue weighted by Crippen LogP contribution is -2.15. The van der Waals surface area contributed by atoms with Crippen LogP contribution >= 0.6 is 23.4 Å². The highest BCUT2D eigenvalue weighted by molar-refractivity contribution is 8.00. The van der Waals surface area contributed by atoms with Crippen molar-refractivity contribution in [1.29, 1.82) is 0 Å². The van der Waals surface area contributed by atoms with E-state index in [0.29, 0.717) is 0 Å². The Kier molecular flexibility index (Phi) is 5.40. The second-order valence-corrected chi connectivity index (χ2v) is 7.07. The van der Waals surface area contributed by atoms with Crippen LogP contribution in [-0.4, -0.2) is 12.3 Å². The van der Waals surface area contributed by atoms with Gasteiger partial charge in [0.1, 0.15) is 0 Å². The van der Waals surface area contributed by atoms with Crippen LogP contribution in [0, 0.1) is 5.92 Å². The van der Waals surface area contributed by atoms with E-state index in [9.17, 15) is 0 Å². The summed E-state index contributed by atoms with van der Waals surface area (Å²) in [4.78, 5) is 1.36. The molecule has 0 bridgehead atoms. The number of nitrogens with one attached hydrogen (secondary N) is 1. The Balaban J connectivity index is 2.08. The van der Waals surface area contributed by atoms with Gasteiger partial charge in [-0.2, -0.15) is 0 Å². The summed E-state index contributed by atoms with van der Waals surface area (Å²) in [5, 5.41) is 4.85. The van der Waals surface area contributed by atoms with Crippen molar-refractivity contribution in [3.8, 4) is 0 Å². The summed E-state index contributed by atoms with van der Waals surface area (Å²) in [6.45, 7) is 3.29. The molecule has 3 heteroatoms. The minimum absolute atomic E-state index is 0.767. The number of hydrogen-bond acceptors (Lipinski definition) is 2. The van der Waals surface area contributed by atoms with Crippen LogP contribution in [0.4, 0.5) is 0 Å². The third kappa shape index (κ3) is 3.91. The summed E-state index contributed by atoms with van der Waals surface area (Å²) < 4.78 is 0. The molecule has 0 spiro atoms. The monoisotopic (exact) mass is 283 g/mol. The lowest BCUT2D eigenvalue weighted by molar-refractivity contribution is 0.394. The first kappa shape index (κ1) is 14.2. The smallest absolute Gasteiger partial charge is 0.0417 e. The number of hydrogen-bond donors (Lipinski definition) is 1. The Bertz CT molecular complexity index is 394.